The topological polar surface area (TPSA) is 117 Å². The lowest BCUT2D eigenvalue weighted by Crippen LogP contribution is -2.20. The molecule has 1 amide bonds. The Kier molecular flexibility index (Phi) is 7.09. The summed E-state index contributed by atoms with van der Waals surface area (Å²) in [5, 5.41) is 13.1. The number of carbonyl (C=O) groups excluding carboxylic acids is 2. The van der Waals surface area contributed by atoms with Gasteiger partial charge in [0.05, 0.1) is 19.1 Å². The maximum absolute atomic E-state index is 11.8. The first-order chi connectivity index (χ1) is 13.4. The number of hydrogen-bond acceptors (Lipinski definition) is 7. The molecule has 9 heteroatoms. The number of esters is 1. The average molecular weight is 386 g/mol. The second-order valence-electron chi connectivity index (χ2n) is 5.44. The van der Waals surface area contributed by atoms with E-state index in [1.54, 1.807) is 18.2 Å². The van der Waals surface area contributed by atoms with Gasteiger partial charge in [0.1, 0.15) is 11.5 Å². The molecule has 0 heterocycles. The van der Waals surface area contributed by atoms with E-state index >= 15 is 0 Å². The van der Waals surface area contributed by atoms with Crippen LogP contribution in [0, 0.1) is 10.1 Å². The van der Waals surface area contributed by atoms with Crippen LogP contribution >= 0.6 is 0 Å². The molecule has 0 aliphatic rings. The lowest BCUT2D eigenvalue weighted by molar-refractivity contribution is -0.384. The highest BCUT2D eigenvalue weighted by Crippen LogP contribution is 2.23. The second-order valence-corrected chi connectivity index (χ2v) is 5.44. The van der Waals surface area contributed by atoms with Gasteiger partial charge < -0.3 is 19.5 Å². The van der Waals surface area contributed by atoms with Gasteiger partial charge in [-0.1, -0.05) is 6.07 Å². The first-order valence-corrected chi connectivity index (χ1v) is 8.03. The van der Waals surface area contributed by atoms with Crippen LogP contribution in [0.25, 0.3) is 6.08 Å². The van der Waals surface area contributed by atoms with Gasteiger partial charge in [0.2, 0.25) is 0 Å². The summed E-state index contributed by atoms with van der Waals surface area (Å²) < 4.78 is 15.1. The lowest BCUT2D eigenvalue weighted by atomic mass is 10.2. The molecule has 0 saturated carbocycles. The molecular formula is C19H18N2O7. The van der Waals surface area contributed by atoms with Gasteiger partial charge in [-0.05, 0) is 29.8 Å². The zero-order valence-electron chi connectivity index (χ0n) is 15.2. The van der Waals surface area contributed by atoms with Gasteiger partial charge in [0.25, 0.3) is 11.6 Å². The van der Waals surface area contributed by atoms with Crippen molar-refractivity contribution >= 4 is 29.3 Å². The molecule has 0 unspecified atom stereocenters. The fourth-order valence-corrected chi connectivity index (χ4v) is 2.17. The van der Waals surface area contributed by atoms with Crippen molar-refractivity contribution < 1.29 is 28.7 Å². The Morgan fingerprint density at radius 2 is 1.79 bits per heavy atom. The molecule has 2 aromatic rings. The molecule has 28 heavy (non-hydrogen) atoms. The molecule has 2 rings (SSSR count). The molecular weight excluding hydrogens is 368 g/mol. The minimum absolute atomic E-state index is 0.161. The van der Waals surface area contributed by atoms with Crippen LogP contribution in [0.1, 0.15) is 5.56 Å². The number of anilines is 1. The van der Waals surface area contributed by atoms with E-state index in [-0.39, 0.29) is 11.4 Å². The van der Waals surface area contributed by atoms with Crippen LogP contribution in [-0.4, -0.2) is 37.6 Å². The molecule has 0 saturated heterocycles. The summed E-state index contributed by atoms with van der Waals surface area (Å²) in [5.41, 5.74) is 0.718. The summed E-state index contributed by atoms with van der Waals surface area (Å²) in [6.07, 6.45) is 2.65. The highest BCUT2D eigenvalue weighted by molar-refractivity contribution is 5.94. The van der Waals surface area contributed by atoms with Gasteiger partial charge in [-0.25, -0.2) is 4.79 Å². The average Bonchev–Trinajstić information content (AvgIpc) is 2.70. The van der Waals surface area contributed by atoms with Crippen LogP contribution in [0.5, 0.6) is 11.5 Å². The van der Waals surface area contributed by atoms with Crippen LogP contribution in [0.2, 0.25) is 0 Å². The molecule has 0 aliphatic carbocycles. The van der Waals surface area contributed by atoms with Crippen molar-refractivity contribution in [3.8, 4) is 11.5 Å². The van der Waals surface area contributed by atoms with Crippen LogP contribution in [0.15, 0.2) is 48.5 Å². The zero-order chi connectivity index (χ0) is 20.5. The highest BCUT2D eigenvalue weighted by atomic mass is 16.6. The van der Waals surface area contributed by atoms with E-state index in [2.05, 4.69) is 5.32 Å². The predicted molar refractivity (Wildman–Crippen MR) is 101 cm³/mol. The van der Waals surface area contributed by atoms with E-state index in [9.17, 15) is 19.7 Å². The number of methoxy groups -OCH3 is 2. The normalized spacial score (nSPS) is 10.4. The summed E-state index contributed by atoms with van der Waals surface area (Å²) in [4.78, 5) is 33.8. The highest BCUT2D eigenvalue weighted by Gasteiger charge is 2.09. The van der Waals surface area contributed by atoms with Crippen LogP contribution in [-0.2, 0) is 14.3 Å². The lowest BCUT2D eigenvalue weighted by Gasteiger charge is -2.06. The third kappa shape index (κ3) is 6.13. The molecule has 0 bridgehead atoms. The third-order valence-electron chi connectivity index (χ3n) is 3.47. The van der Waals surface area contributed by atoms with Gasteiger partial charge >= 0.3 is 5.97 Å². The number of nitro groups is 1. The van der Waals surface area contributed by atoms with Gasteiger partial charge in [0, 0.05) is 30.0 Å². The Balaban J connectivity index is 1.90. The van der Waals surface area contributed by atoms with Gasteiger partial charge in [-0.15, -0.1) is 0 Å². The first-order valence-electron chi connectivity index (χ1n) is 8.03. The van der Waals surface area contributed by atoms with Crippen molar-refractivity contribution in [3.63, 3.8) is 0 Å². The molecule has 146 valence electrons. The number of rotatable bonds is 8. The number of carbonyl (C=O) groups is 2. The number of hydrogen-bond donors (Lipinski definition) is 1. The van der Waals surface area contributed by atoms with Crippen molar-refractivity contribution in [2.45, 2.75) is 0 Å². The number of amides is 1. The van der Waals surface area contributed by atoms with Crippen molar-refractivity contribution in [2.75, 3.05) is 26.1 Å². The standard InChI is InChI=1S/C19H18N2O7/c1-26-16-8-13(9-17(11-16)27-2)6-7-19(23)28-12-18(22)20-14-4-3-5-15(10-14)21(24)25/h3-11H,12H2,1-2H3,(H,20,22)/b7-6+. The van der Waals surface area contributed by atoms with Crippen molar-refractivity contribution in [1.29, 1.82) is 0 Å². The molecule has 2 aromatic carbocycles. The van der Waals surface area contributed by atoms with Gasteiger partial charge in [-0.2, -0.15) is 0 Å². The van der Waals surface area contributed by atoms with E-state index in [0.29, 0.717) is 17.1 Å². The smallest absolute Gasteiger partial charge is 0.331 e. The Morgan fingerprint density at radius 3 is 2.39 bits per heavy atom. The Labute approximate surface area is 160 Å². The predicted octanol–water partition coefficient (Wildman–Crippen LogP) is 2.81. The number of ether oxygens (including phenoxy) is 3. The fraction of sp³-hybridized carbons (Fsp3) is 0.158. The first kappa shape index (κ1) is 20.4. The summed E-state index contributed by atoms with van der Waals surface area (Å²) in [6, 6.07) is 10.5. The van der Waals surface area contributed by atoms with Gasteiger partial charge in [0.15, 0.2) is 6.61 Å². The molecule has 0 radical (unpaired) electrons. The van der Waals surface area contributed by atoms with E-state index in [1.165, 1.54) is 44.6 Å². The SMILES string of the molecule is COc1cc(/C=C/C(=O)OCC(=O)Nc2cccc([N+](=O)[O-])c2)cc(OC)c1. The van der Waals surface area contributed by atoms with Crippen molar-refractivity contribution in [1.82, 2.24) is 0 Å². The van der Waals surface area contributed by atoms with Crippen LogP contribution in [0.3, 0.4) is 0 Å². The summed E-state index contributed by atoms with van der Waals surface area (Å²) in [5.74, 6) is -0.228. The Hall–Kier alpha value is -3.88. The minimum atomic E-state index is -0.726. The maximum Gasteiger partial charge on any atom is 0.331 e. The molecule has 0 atom stereocenters. The van der Waals surface area contributed by atoms with Gasteiger partial charge in [-0.3, -0.25) is 14.9 Å². The fourth-order valence-electron chi connectivity index (χ4n) is 2.17. The Morgan fingerprint density at radius 1 is 1.11 bits per heavy atom. The van der Waals surface area contributed by atoms with E-state index in [1.807, 2.05) is 0 Å². The van der Waals surface area contributed by atoms with Crippen LogP contribution < -0.4 is 14.8 Å². The second kappa shape index (κ2) is 9.72. The molecule has 1 N–H and O–H groups in total. The number of nitro benzene ring substituents is 1. The van der Waals surface area contributed by atoms with E-state index in [4.69, 9.17) is 14.2 Å². The zero-order valence-corrected chi connectivity index (χ0v) is 15.2. The minimum Gasteiger partial charge on any atom is -0.497 e. The Bertz CT molecular complexity index is 887. The molecule has 0 fully saturated rings. The molecule has 0 aliphatic heterocycles. The number of non-ortho nitro benzene ring substituents is 1. The monoisotopic (exact) mass is 386 g/mol. The quantitative estimate of drug-likeness (QED) is 0.321. The molecule has 0 aromatic heterocycles. The van der Waals surface area contributed by atoms with Crippen molar-refractivity contribution in [3.05, 3.63) is 64.2 Å². The summed E-state index contributed by atoms with van der Waals surface area (Å²) in [6.45, 7) is -0.534. The number of nitrogens with zero attached hydrogens (tertiary/aromatic N) is 1. The number of nitrogens with one attached hydrogen (secondary N) is 1. The van der Waals surface area contributed by atoms with E-state index < -0.39 is 23.4 Å². The van der Waals surface area contributed by atoms with Crippen molar-refractivity contribution in [2.24, 2.45) is 0 Å². The van der Waals surface area contributed by atoms with Crippen LogP contribution in [0.4, 0.5) is 11.4 Å². The van der Waals surface area contributed by atoms with E-state index in [0.717, 1.165) is 6.08 Å². The molecule has 9 nitrogen and oxygen atoms in total. The summed E-state index contributed by atoms with van der Waals surface area (Å²) >= 11 is 0. The number of benzene rings is 2. The summed E-state index contributed by atoms with van der Waals surface area (Å²) in [7, 11) is 3.02. The maximum atomic E-state index is 11.8. The molecule has 0 spiro atoms. The largest absolute Gasteiger partial charge is 0.497 e. The third-order valence-corrected chi connectivity index (χ3v) is 3.47.